The van der Waals surface area contributed by atoms with Crippen LogP contribution in [-0.2, 0) is 14.9 Å². The Morgan fingerprint density at radius 3 is 2.41 bits per heavy atom. The second-order valence-electron chi connectivity index (χ2n) is 4.73. The van der Waals surface area contributed by atoms with Crippen LogP contribution in [0.1, 0.15) is 44.6 Å². The van der Waals surface area contributed by atoms with Gasteiger partial charge in [-0.3, -0.25) is 4.79 Å². The van der Waals surface area contributed by atoms with E-state index in [2.05, 4.69) is 12.1 Å². The monoisotopic (exact) mass is 232 g/mol. The van der Waals surface area contributed by atoms with Crippen LogP contribution < -0.4 is 0 Å². The Bertz CT molecular complexity index is 364. The van der Waals surface area contributed by atoms with Crippen molar-refractivity contribution in [3.8, 4) is 0 Å². The van der Waals surface area contributed by atoms with Gasteiger partial charge in [-0.15, -0.1) is 0 Å². The van der Waals surface area contributed by atoms with Crippen molar-refractivity contribution in [2.24, 2.45) is 0 Å². The molecule has 0 atom stereocenters. The second kappa shape index (κ2) is 5.35. The molecule has 1 aliphatic rings. The smallest absolute Gasteiger partial charge is 0.316 e. The van der Waals surface area contributed by atoms with Gasteiger partial charge in [-0.25, -0.2) is 0 Å². The van der Waals surface area contributed by atoms with Gasteiger partial charge < -0.3 is 4.74 Å². The molecule has 2 nitrogen and oxygen atoms in total. The molecule has 0 bridgehead atoms. The Balaban J connectivity index is 2.33. The normalized spacial score (nSPS) is 18.6. The molecule has 1 saturated carbocycles. The van der Waals surface area contributed by atoms with Crippen molar-refractivity contribution in [1.29, 1.82) is 0 Å². The lowest BCUT2D eigenvalue weighted by Gasteiger charge is -2.35. The van der Waals surface area contributed by atoms with Crippen LogP contribution in [0.15, 0.2) is 30.3 Å². The van der Waals surface area contributed by atoms with Gasteiger partial charge in [0.2, 0.25) is 0 Å². The lowest BCUT2D eigenvalue weighted by atomic mass is 9.69. The lowest BCUT2D eigenvalue weighted by molar-refractivity contribution is -0.151. The Hall–Kier alpha value is -1.31. The fourth-order valence-electron chi connectivity index (χ4n) is 2.79. The maximum Gasteiger partial charge on any atom is 0.316 e. The molecule has 2 rings (SSSR count). The maximum atomic E-state index is 12.3. The van der Waals surface area contributed by atoms with E-state index in [4.69, 9.17) is 4.74 Å². The van der Waals surface area contributed by atoms with Gasteiger partial charge in [-0.05, 0) is 25.3 Å². The van der Waals surface area contributed by atoms with Gasteiger partial charge in [0.25, 0.3) is 0 Å². The van der Waals surface area contributed by atoms with Gasteiger partial charge >= 0.3 is 5.97 Å². The van der Waals surface area contributed by atoms with E-state index in [1.165, 1.54) is 6.42 Å². The third kappa shape index (κ3) is 2.36. The molecule has 1 aromatic rings. The van der Waals surface area contributed by atoms with Crippen LogP contribution in [0.25, 0.3) is 0 Å². The zero-order valence-electron chi connectivity index (χ0n) is 10.4. The van der Waals surface area contributed by atoms with Crippen molar-refractivity contribution < 1.29 is 9.53 Å². The van der Waals surface area contributed by atoms with Gasteiger partial charge in [0.15, 0.2) is 0 Å². The van der Waals surface area contributed by atoms with E-state index in [1.54, 1.807) is 0 Å². The highest BCUT2D eigenvalue weighted by molar-refractivity contribution is 5.83. The number of esters is 1. The summed E-state index contributed by atoms with van der Waals surface area (Å²) in [6.07, 6.45) is 5.32. The molecule has 0 amide bonds. The summed E-state index contributed by atoms with van der Waals surface area (Å²) in [5, 5.41) is 0. The first-order valence-corrected chi connectivity index (χ1v) is 6.52. The lowest BCUT2D eigenvalue weighted by Crippen LogP contribution is -2.39. The molecule has 0 radical (unpaired) electrons. The number of carbonyl (C=O) groups is 1. The summed E-state index contributed by atoms with van der Waals surface area (Å²) >= 11 is 0. The van der Waals surface area contributed by atoms with Crippen LogP contribution >= 0.6 is 0 Å². The Labute approximate surface area is 103 Å². The van der Waals surface area contributed by atoms with E-state index >= 15 is 0 Å². The maximum absolute atomic E-state index is 12.3. The summed E-state index contributed by atoms with van der Waals surface area (Å²) in [5.41, 5.74) is 0.744. The standard InChI is InChI=1S/C15H20O2/c1-2-17-14(16)15(11-7-4-8-12-15)13-9-5-3-6-10-13/h3,5-6,9-10H,2,4,7-8,11-12H2,1H3. The van der Waals surface area contributed by atoms with Crippen molar-refractivity contribution in [1.82, 2.24) is 0 Å². The van der Waals surface area contributed by atoms with E-state index < -0.39 is 0 Å². The zero-order valence-corrected chi connectivity index (χ0v) is 10.4. The molecule has 0 spiro atoms. The van der Waals surface area contributed by atoms with Crippen LogP contribution in [0, 0.1) is 0 Å². The molecule has 0 N–H and O–H groups in total. The molecule has 0 saturated heterocycles. The number of hydrogen-bond acceptors (Lipinski definition) is 2. The van der Waals surface area contributed by atoms with E-state index in [1.807, 2.05) is 25.1 Å². The molecule has 17 heavy (non-hydrogen) atoms. The third-order valence-electron chi connectivity index (χ3n) is 3.70. The minimum Gasteiger partial charge on any atom is -0.465 e. The number of hydrogen-bond donors (Lipinski definition) is 0. The topological polar surface area (TPSA) is 26.3 Å². The van der Waals surface area contributed by atoms with Crippen molar-refractivity contribution in [2.45, 2.75) is 44.4 Å². The summed E-state index contributed by atoms with van der Waals surface area (Å²) in [4.78, 5) is 12.3. The number of carbonyl (C=O) groups excluding carboxylic acids is 1. The van der Waals surface area contributed by atoms with Crippen molar-refractivity contribution >= 4 is 5.97 Å². The Morgan fingerprint density at radius 2 is 1.82 bits per heavy atom. The summed E-state index contributed by atoms with van der Waals surface area (Å²) in [5.74, 6) is -0.0362. The van der Waals surface area contributed by atoms with Gasteiger partial charge in [-0.2, -0.15) is 0 Å². The minimum absolute atomic E-state index is 0.0362. The molecule has 1 fully saturated rings. The fourth-order valence-corrected chi connectivity index (χ4v) is 2.79. The quantitative estimate of drug-likeness (QED) is 0.746. The first-order chi connectivity index (χ1) is 8.29. The summed E-state index contributed by atoms with van der Waals surface area (Å²) in [6, 6.07) is 10.1. The summed E-state index contributed by atoms with van der Waals surface area (Å²) < 4.78 is 5.30. The minimum atomic E-state index is -0.379. The molecule has 0 aromatic heterocycles. The molecular formula is C15H20O2. The van der Waals surface area contributed by atoms with Crippen molar-refractivity contribution in [3.05, 3.63) is 35.9 Å². The Morgan fingerprint density at radius 1 is 1.18 bits per heavy atom. The number of rotatable bonds is 3. The summed E-state index contributed by atoms with van der Waals surface area (Å²) in [6.45, 7) is 2.34. The highest BCUT2D eigenvalue weighted by Gasteiger charge is 2.42. The molecule has 92 valence electrons. The van der Waals surface area contributed by atoms with Gasteiger partial charge in [0.05, 0.1) is 12.0 Å². The Kier molecular flexibility index (Phi) is 3.82. The second-order valence-corrected chi connectivity index (χ2v) is 4.73. The average Bonchev–Trinajstić information content (AvgIpc) is 2.41. The predicted molar refractivity (Wildman–Crippen MR) is 67.8 cm³/mol. The highest BCUT2D eigenvalue weighted by atomic mass is 16.5. The number of benzene rings is 1. The van der Waals surface area contributed by atoms with Crippen LogP contribution in [0.2, 0.25) is 0 Å². The molecule has 2 heteroatoms. The van der Waals surface area contributed by atoms with E-state index in [-0.39, 0.29) is 11.4 Å². The van der Waals surface area contributed by atoms with Crippen molar-refractivity contribution in [3.63, 3.8) is 0 Å². The molecule has 0 unspecified atom stereocenters. The van der Waals surface area contributed by atoms with Gasteiger partial charge in [0.1, 0.15) is 0 Å². The number of ether oxygens (including phenoxy) is 1. The van der Waals surface area contributed by atoms with E-state index in [9.17, 15) is 4.79 Å². The first-order valence-electron chi connectivity index (χ1n) is 6.52. The average molecular weight is 232 g/mol. The summed E-state index contributed by atoms with van der Waals surface area (Å²) in [7, 11) is 0. The molecule has 1 aromatic carbocycles. The third-order valence-corrected chi connectivity index (χ3v) is 3.70. The van der Waals surface area contributed by atoms with Gasteiger partial charge in [-0.1, -0.05) is 49.6 Å². The van der Waals surface area contributed by atoms with Crippen LogP contribution in [0.5, 0.6) is 0 Å². The fraction of sp³-hybridized carbons (Fsp3) is 0.533. The first kappa shape index (κ1) is 12.2. The zero-order chi connectivity index (χ0) is 12.1. The molecule has 1 aliphatic carbocycles. The van der Waals surface area contributed by atoms with E-state index in [0.717, 1.165) is 31.2 Å². The van der Waals surface area contributed by atoms with Gasteiger partial charge in [0, 0.05) is 0 Å². The molecular weight excluding hydrogens is 212 g/mol. The van der Waals surface area contributed by atoms with Crippen LogP contribution in [-0.4, -0.2) is 12.6 Å². The molecule has 0 aliphatic heterocycles. The van der Waals surface area contributed by atoms with Crippen LogP contribution in [0.4, 0.5) is 0 Å². The SMILES string of the molecule is CCOC(=O)C1(c2ccccc2)CCCCC1. The van der Waals surface area contributed by atoms with Crippen molar-refractivity contribution in [2.75, 3.05) is 6.61 Å². The predicted octanol–water partition coefficient (Wildman–Crippen LogP) is 3.45. The van der Waals surface area contributed by atoms with Crippen LogP contribution in [0.3, 0.4) is 0 Å². The largest absolute Gasteiger partial charge is 0.465 e. The van der Waals surface area contributed by atoms with E-state index in [0.29, 0.717) is 6.61 Å². The molecule has 0 heterocycles. The highest BCUT2D eigenvalue weighted by Crippen LogP contribution is 2.40.